The maximum absolute atomic E-state index is 13.5. The first-order valence-electron chi connectivity index (χ1n) is 6.90. The van der Waals surface area contributed by atoms with Crippen molar-refractivity contribution in [1.29, 1.82) is 0 Å². The van der Waals surface area contributed by atoms with E-state index < -0.39 is 0 Å². The predicted octanol–water partition coefficient (Wildman–Crippen LogP) is 1.69. The van der Waals surface area contributed by atoms with Crippen LogP contribution in [0.3, 0.4) is 0 Å². The lowest BCUT2D eigenvalue weighted by molar-refractivity contribution is 0.304. The van der Waals surface area contributed by atoms with Gasteiger partial charge in [0.05, 0.1) is 23.4 Å². The van der Waals surface area contributed by atoms with Gasteiger partial charge in [0.25, 0.3) is 0 Å². The van der Waals surface area contributed by atoms with Crippen molar-refractivity contribution in [2.24, 2.45) is 0 Å². The summed E-state index contributed by atoms with van der Waals surface area (Å²) in [7, 11) is 1.84. The van der Waals surface area contributed by atoms with E-state index in [1.54, 1.807) is 16.8 Å². The molecule has 22 heavy (non-hydrogen) atoms. The molecule has 0 amide bonds. The predicted molar refractivity (Wildman–Crippen MR) is 81.7 cm³/mol. The van der Waals surface area contributed by atoms with Crippen molar-refractivity contribution in [2.75, 3.05) is 25.1 Å². The first kappa shape index (κ1) is 14.4. The molecule has 0 saturated carbocycles. The summed E-state index contributed by atoms with van der Waals surface area (Å²) in [6, 6.07) is 6.20. The Morgan fingerprint density at radius 2 is 2.14 bits per heavy atom. The Morgan fingerprint density at radius 3 is 2.86 bits per heavy atom. The van der Waals surface area contributed by atoms with E-state index in [4.69, 9.17) is 5.11 Å². The molecule has 2 aromatic heterocycles. The summed E-state index contributed by atoms with van der Waals surface area (Å²) in [5, 5.41) is 14.4. The van der Waals surface area contributed by atoms with E-state index in [0.717, 1.165) is 11.1 Å². The number of nitrogens with zero attached hydrogens (tertiary/aromatic N) is 5. The number of benzene rings is 1. The topological polar surface area (TPSA) is 67.1 Å². The molecule has 0 bridgehead atoms. The van der Waals surface area contributed by atoms with Crippen LogP contribution in [0.4, 0.5) is 10.2 Å². The number of rotatable bonds is 4. The molecule has 7 heteroatoms. The lowest BCUT2D eigenvalue weighted by atomic mass is 10.2. The zero-order valence-electron chi connectivity index (χ0n) is 12.4. The van der Waals surface area contributed by atoms with Crippen LogP contribution in [0.25, 0.3) is 16.7 Å². The maximum atomic E-state index is 13.5. The van der Waals surface area contributed by atoms with Gasteiger partial charge in [-0.15, -0.1) is 0 Å². The molecule has 0 spiro atoms. The van der Waals surface area contributed by atoms with Crippen molar-refractivity contribution < 1.29 is 9.50 Å². The number of anilines is 1. The van der Waals surface area contributed by atoms with Crippen molar-refractivity contribution in [1.82, 2.24) is 19.7 Å². The van der Waals surface area contributed by atoms with Crippen LogP contribution in [0.5, 0.6) is 0 Å². The van der Waals surface area contributed by atoms with Crippen molar-refractivity contribution in [3.8, 4) is 5.69 Å². The Labute approximate surface area is 126 Å². The molecule has 0 aliphatic carbocycles. The van der Waals surface area contributed by atoms with Gasteiger partial charge in [-0.1, -0.05) is 6.07 Å². The van der Waals surface area contributed by atoms with E-state index >= 15 is 0 Å². The Hall–Kier alpha value is -2.54. The molecule has 0 fully saturated rings. The first-order valence-corrected chi connectivity index (χ1v) is 6.90. The number of hydrogen-bond acceptors (Lipinski definition) is 5. The highest BCUT2D eigenvalue weighted by Gasteiger charge is 2.17. The second kappa shape index (κ2) is 5.69. The Kier molecular flexibility index (Phi) is 3.72. The SMILES string of the molecule is Cc1nn(-c2cccc(F)c2)c2ncnc(N(C)CCO)c12. The Balaban J connectivity index is 2.21. The monoisotopic (exact) mass is 301 g/mol. The average Bonchev–Trinajstić information content (AvgIpc) is 2.85. The molecule has 6 nitrogen and oxygen atoms in total. The van der Waals surface area contributed by atoms with Crippen molar-refractivity contribution in [3.63, 3.8) is 0 Å². The van der Waals surface area contributed by atoms with Gasteiger partial charge in [-0.25, -0.2) is 19.0 Å². The number of fused-ring (bicyclic) bond motifs is 1. The quantitative estimate of drug-likeness (QED) is 0.794. The van der Waals surface area contributed by atoms with E-state index in [2.05, 4.69) is 15.1 Å². The lowest BCUT2D eigenvalue weighted by Gasteiger charge is -2.17. The van der Waals surface area contributed by atoms with E-state index in [1.807, 2.05) is 18.9 Å². The van der Waals surface area contributed by atoms with Crippen molar-refractivity contribution in [3.05, 3.63) is 42.1 Å². The van der Waals surface area contributed by atoms with Gasteiger partial charge in [0, 0.05) is 13.6 Å². The summed E-state index contributed by atoms with van der Waals surface area (Å²) >= 11 is 0. The van der Waals surface area contributed by atoms with Gasteiger partial charge >= 0.3 is 0 Å². The molecule has 114 valence electrons. The lowest BCUT2D eigenvalue weighted by Crippen LogP contribution is -2.22. The molecular weight excluding hydrogens is 285 g/mol. The number of likely N-dealkylation sites (N-methyl/N-ethyl adjacent to an activating group) is 1. The molecule has 1 aromatic carbocycles. The minimum Gasteiger partial charge on any atom is -0.395 e. The second-order valence-corrected chi connectivity index (χ2v) is 5.02. The van der Waals surface area contributed by atoms with Crippen LogP contribution < -0.4 is 4.90 Å². The molecule has 0 aliphatic heterocycles. The molecule has 3 rings (SSSR count). The number of halogens is 1. The van der Waals surface area contributed by atoms with Crippen LogP contribution in [0.15, 0.2) is 30.6 Å². The summed E-state index contributed by atoms with van der Waals surface area (Å²) in [6.07, 6.45) is 1.45. The van der Waals surface area contributed by atoms with Crippen LogP contribution in [0, 0.1) is 12.7 Å². The molecule has 0 saturated heterocycles. The minimum atomic E-state index is -0.328. The summed E-state index contributed by atoms with van der Waals surface area (Å²) in [4.78, 5) is 10.4. The fraction of sp³-hybridized carbons (Fsp3) is 0.267. The molecular formula is C15H16FN5O. The smallest absolute Gasteiger partial charge is 0.168 e. The van der Waals surface area contributed by atoms with E-state index in [9.17, 15) is 4.39 Å². The zero-order chi connectivity index (χ0) is 15.7. The van der Waals surface area contributed by atoms with E-state index in [-0.39, 0.29) is 12.4 Å². The first-order chi connectivity index (χ1) is 10.6. The van der Waals surface area contributed by atoms with E-state index in [1.165, 1.54) is 18.5 Å². The number of aryl methyl sites for hydroxylation is 1. The van der Waals surface area contributed by atoms with Crippen LogP contribution in [-0.4, -0.2) is 45.1 Å². The zero-order valence-corrected chi connectivity index (χ0v) is 12.4. The van der Waals surface area contributed by atoms with Gasteiger partial charge in [0.1, 0.15) is 18.0 Å². The number of aliphatic hydroxyl groups excluding tert-OH is 1. The summed E-state index contributed by atoms with van der Waals surface area (Å²) in [6.45, 7) is 2.34. The van der Waals surface area contributed by atoms with Crippen LogP contribution >= 0.6 is 0 Å². The summed E-state index contributed by atoms with van der Waals surface area (Å²) < 4.78 is 15.1. The van der Waals surface area contributed by atoms with Crippen molar-refractivity contribution >= 4 is 16.9 Å². The third-order valence-electron chi connectivity index (χ3n) is 3.47. The molecule has 3 aromatic rings. The van der Waals surface area contributed by atoms with Gasteiger partial charge in [-0.3, -0.25) is 0 Å². The third kappa shape index (κ3) is 2.39. The van der Waals surface area contributed by atoms with E-state index in [0.29, 0.717) is 23.7 Å². The fourth-order valence-corrected chi connectivity index (χ4v) is 2.43. The Bertz CT molecular complexity index is 817. The van der Waals surface area contributed by atoms with Crippen LogP contribution in [0.2, 0.25) is 0 Å². The average molecular weight is 301 g/mol. The van der Waals surface area contributed by atoms with Gasteiger partial charge in [0.15, 0.2) is 5.65 Å². The molecule has 0 aliphatic rings. The summed E-state index contributed by atoms with van der Waals surface area (Å²) in [5.74, 6) is 0.365. The maximum Gasteiger partial charge on any atom is 0.168 e. The molecule has 2 heterocycles. The number of aliphatic hydroxyl groups is 1. The molecule has 0 atom stereocenters. The molecule has 0 unspecified atom stereocenters. The fourth-order valence-electron chi connectivity index (χ4n) is 2.43. The summed E-state index contributed by atoms with van der Waals surface area (Å²) in [5.41, 5.74) is 1.96. The normalized spacial score (nSPS) is 11.1. The third-order valence-corrected chi connectivity index (χ3v) is 3.47. The standard InChI is InChI=1S/C15H16FN5O/c1-10-13-14(20(2)6-7-22)17-9-18-15(13)21(19-10)12-5-3-4-11(16)8-12/h3-5,8-9,22H,6-7H2,1-2H3. The Morgan fingerprint density at radius 1 is 1.32 bits per heavy atom. The minimum absolute atomic E-state index is 0.0269. The van der Waals surface area contributed by atoms with Crippen LogP contribution in [-0.2, 0) is 0 Å². The highest BCUT2D eigenvalue weighted by Crippen LogP contribution is 2.27. The highest BCUT2D eigenvalue weighted by molar-refractivity contribution is 5.90. The highest BCUT2D eigenvalue weighted by atomic mass is 19.1. The van der Waals surface area contributed by atoms with Gasteiger partial charge in [-0.2, -0.15) is 5.10 Å². The number of hydrogen-bond donors (Lipinski definition) is 1. The second-order valence-electron chi connectivity index (χ2n) is 5.02. The molecule has 0 radical (unpaired) electrons. The molecule has 1 N–H and O–H groups in total. The van der Waals surface area contributed by atoms with Gasteiger partial charge < -0.3 is 10.0 Å². The largest absolute Gasteiger partial charge is 0.395 e. The van der Waals surface area contributed by atoms with Gasteiger partial charge in [-0.05, 0) is 25.1 Å². The van der Waals surface area contributed by atoms with Crippen LogP contribution in [0.1, 0.15) is 5.69 Å². The number of aromatic nitrogens is 4. The van der Waals surface area contributed by atoms with Crippen molar-refractivity contribution in [2.45, 2.75) is 6.92 Å². The van der Waals surface area contributed by atoms with Gasteiger partial charge in [0.2, 0.25) is 0 Å².